The van der Waals surface area contributed by atoms with Crippen LogP contribution in [-0.4, -0.2) is 48.6 Å². The van der Waals surface area contributed by atoms with Gasteiger partial charge in [0.2, 0.25) is 0 Å². The second-order valence-corrected chi connectivity index (χ2v) is 7.18. The maximum atomic E-state index is 13.0. The van der Waals surface area contributed by atoms with Crippen molar-refractivity contribution in [1.29, 1.82) is 0 Å². The summed E-state index contributed by atoms with van der Waals surface area (Å²) in [7, 11) is 1.54. The minimum Gasteiger partial charge on any atom is -0.503 e. The van der Waals surface area contributed by atoms with Gasteiger partial charge in [0, 0.05) is 13.7 Å². The minimum absolute atomic E-state index is 0.0653. The number of rotatable bonds is 10. The van der Waals surface area contributed by atoms with Gasteiger partial charge >= 0.3 is 0 Å². The highest BCUT2D eigenvalue weighted by Gasteiger charge is 2.42. The van der Waals surface area contributed by atoms with Gasteiger partial charge in [-0.05, 0) is 35.8 Å². The molecule has 0 aromatic heterocycles. The normalized spacial score (nSPS) is 16.4. The second kappa shape index (κ2) is 10.6. The van der Waals surface area contributed by atoms with Crippen molar-refractivity contribution in [2.24, 2.45) is 0 Å². The molecule has 0 aliphatic carbocycles. The van der Waals surface area contributed by atoms with Crippen molar-refractivity contribution < 1.29 is 24.2 Å². The molecule has 1 unspecified atom stereocenters. The molecule has 0 radical (unpaired) electrons. The molecular weight excluding hydrogens is 394 g/mol. The smallest absolute Gasteiger partial charge is 0.290 e. The lowest BCUT2D eigenvalue weighted by Gasteiger charge is -2.26. The number of amides is 1. The van der Waals surface area contributed by atoms with Crippen LogP contribution in [0.25, 0.3) is 6.08 Å². The largest absolute Gasteiger partial charge is 0.503 e. The van der Waals surface area contributed by atoms with E-state index >= 15 is 0 Å². The van der Waals surface area contributed by atoms with Crippen molar-refractivity contribution in [3.8, 4) is 5.75 Å². The number of carbonyl (C=O) groups excluding carboxylic acids is 2. The van der Waals surface area contributed by atoms with E-state index in [-0.39, 0.29) is 18.7 Å². The summed E-state index contributed by atoms with van der Waals surface area (Å²) in [6, 6.07) is 15.9. The fraction of sp³-hybridized carbons (Fsp3) is 0.280. The highest BCUT2D eigenvalue weighted by molar-refractivity contribution is 6.14. The van der Waals surface area contributed by atoms with E-state index in [9.17, 15) is 14.7 Å². The molecule has 1 N–H and O–H groups in total. The molecule has 1 atom stereocenters. The summed E-state index contributed by atoms with van der Waals surface area (Å²) in [6.07, 6.45) is 3.95. The van der Waals surface area contributed by atoms with E-state index in [4.69, 9.17) is 9.47 Å². The number of aliphatic hydroxyl groups excluding tert-OH is 1. The molecule has 6 nitrogen and oxygen atoms in total. The Hall–Kier alpha value is -3.38. The molecule has 1 heterocycles. The van der Waals surface area contributed by atoms with Gasteiger partial charge in [-0.2, -0.15) is 0 Å². The van der Waals surface area contributed by atoms with Crippen LogP contribution in [0.2, 0.25) is 0 Å². The molecule has 6 heteroatoms. The summed E-state index contributed by atoms with van der Waals surface area (Å²) in [5.41, 5.74) is 1.63. The molecule has 0 saturated carbocycles. The molecular formula is C25H27NO5. The monoisotopic (exact) mass is 421 g/mol. The highest BCUT2D eigenvalue weighted by Crippen LogP contribution is 2.38. The van der Waals surface area contributed by atoms with Gasteiger partial charge in [0.1, 0.15) is 5.75 Å². The molecule has 31 heavy (non-hydrogen) atoms. The number of allylic oxidation sites excluding steroid dienone is 1. The maximum absolute atomic E-state index is 13.0. The van der Waals surface area contributed by atoms with Crippen LogP contribution < -0.4 is 4.74 Å². The van der Waals surface area contributed by atoms with Crippen molar-refractivity contribution in [2.45, 2.75) is 19.4 Å². The third-order valence-electron chi connectivity index (χ3n) is 5.00. The lowest BCUT2D eigenvalue weighted by Crippen LogP contribution is -2.33. The maximum Gasteiger partial charge on any atom is 0.290 e. The molecule has 0 saturated heterocycles. The summed E-state index contributed by atoms with van der Waals surface area (Å²) < 4.78 is 10.8. The van der Waals surface area contributed by atoms with Crippen LogP contribution in [0.3, 0.4) is 0 Å². The first-order chi connectivity index (χ1) is 15.1. The van der Waals surface area contributed by atoms with Crippen molar-refractivity contribution in [3.63, 3.8) is 0 Å². The molecule has 0 spiro atoms. The zero-order chi connectivity index (χ0) is 22.2. The SMILES string of the molecule is CCCOc1ccc(C2C(C(=O)/C=C/c3ccccc3)=C(O)C(=O)N2CCOC)cc1. The Bertz CT molecular complexity index is 963. The van der Waals surface area contributed by atoms with Crippen LogP contribution >= 0.6 is 0 Å². The summed E-state index contributed by atoms with van der Waals surface area (Å²) >= 11 is 0. The molecule has 1 aliphatic rings. The van der Waals surface area contributed by atoms with Crippen LogP contribution in [0, 0.1) is 0 Å². The number of ether oxygens (including phenoxy) is 2. The lowest BCUT2D eigenvalue weighted by atomic mass is 9.95. The van der Waals surface area contributed by atoms with Crippen molar-refractivity contribution in [3.05, 3.63) is 83.1 Å². The average molecular weight is 421 g/mol. The molecule has 162 valence electrons. The van der Waals surface area contributed by atoms with Crippen molar-refractivity contribution >= 4 is 17.8 Å². The molecule has 2 aromatic rings. The van der Waals surface area contributed by atoms with Gasteiger partial charge in [-0.25, -0.2) is 0 Å². The van der Waals surface area contributed by atoms with E-state index in [1.807, 2.05) is 49.4 Å². The zero-order valence-corrected chi connectivity index (χ0v) is 17.8. The summed E-state index contributed by atoms with van der Waals surface area (Å²) in [6.45, 7) is 3.17. The molecule has 0 bridgehead atoms. The Morgan fingerprint density at radius 1 is 1.10 bits per heavy atom. The molecule has 0 fully saturated rings. The number of hydrogen-bond donors (Lipinski definition) is 1. The summed E-state index contributed by atoms with van der Waals surface area (Å²) in [5, 5.41) is 10.6. The Morgan fingerprint density at radius 2 is 1.81 bits per heavy atom. The number of ketones is 1. The highest BCUT2D eigenvalue weighted by atomic mass is 16.5. The number of carbonyl (C=O) groups is 2. The summed E-state index contributed by atoms with van der Waals surface area (Å²) in [5.74, 6) is -0.797. The Labute approximate surface area is 182 Å². The topological polar surface area (TPSA) is 76.1 Å². The van der Waals surface area contributed by atoms with Gasteiger partial charge in [-0.3, -0.25) is 9.59 Å². The van der Waals surface area contributed by atoms with Crippen LogP contribution in [0.1, 0.15) is 30.5 Å². The standard InChI is InChI=1S/C25H27NO5/c1-3-16-31-20-12-10-19(11-13-20)23-22(24(28)25(29)26(23)15-17-30-2)21(27)14-9-18-7-5-4-6-8-18/h4-14,23,28H,3,15-17H2,1-2H3/b14-9+. The van der Waals surface area contributed by atoms with Gasteiger partial charge in [0.05, 0.1) is 24.8 Å². The number of nitrogens with zero attached hydrogens (tertiary/aromatic N) is 1. The fourth-order valence-corrected chi connectivity index (χ4v) is 3.46. The van der Waals surface area contributed by atoms with E-state index in [0.29, 0.717) is 17.9 Å². The Morgan fingerprint density at radius 3 is 2.45 bits per heavy atom. The predicted molar refractivity (Wildman–Crippen MR) is 119 cm³/mol. The lowest BCUT2D eigenvalue weighted by molar-refractivity contribution is -0.130. The predicted octanol–water partition coefficient (Wildman–Crippen LogP) is 4.10. The zero-order valence-electron chi connectivity index (χ0n) is 17.8. The van der Waals surface area contributed by atoms with Crippen molar-refractivity contribution in [1.82, 2.24) is 4.90 Å². The third-order valence-corrected chi connectivity index (χ3v) is 5.00. The number of hydrogen-bond acceptors (Lipinski definition) is 5. The van der Waals surface area contributed by atoms with E-state index in [2.05, 4.69) is 0 Å². The molecule has 1 aliphatic heterocycles. The van der Waals surface area contributed by atoms with Gasteiger partial charge in [0.15, 0.2) is 11.5 Å². The summed E-state index contributed by atoms with van der Waals surface area (Å²) in [4.78, 5) is 27.3. The molecule has 2 aromatic carbocycles. The number of benzene rings is 2. The van der Waals surface area contributed by atoms with Gasteiger partial charge < -0.3 is 19.5 Å². The molecule has 3 rings (SSSR count). The van der Waals surface area contributed by atoms with E-state index in [0.717, 1.165) is 12.0 Å². The number of aliphatic hydroxyl groups is 1. The van der Waals surface area contributed by atoms with Crippen LogP contribution in [0.5, 0.6) is 5.75 Å². The van der Waals surface area contributed by atoms with E-state index in [1.165, 1.54) is 18.1 Å². The van der Waals surface area contributed by atoms with Crippen LogP contribution in [-0.2, 0) is 14.3 Å². The fourth-order valence-electron chi connectivity index (χ4n) is 3.46. The Balaban J connectivity index is 1.93. The molecule has 1 amide bonds. The van der Waals surface area contributed by atoms with Crippen LogP contribution in [0.15, 0.2) is 72.0 Å². The van der Waals surface area contributed by atoms with Crippen LogP contribution in [0.4, 0.5) is 0 Å². The minimum atomic E-state index is -0.698. The van der Waals surface area contributed by atoms with Crippen molar-refractivity contribution in [2.75, 3.05) is 26.9 Å². The average Bonchev–Trinajstić information content (AvgIpc) is 3.05. The Kier molecular flexibility index (Phi) is 7.62. The third kappa shape index (κ3) is 5.22. The second-order valence-electron chi connectivity index (χ2n) is 7.18. The van der Waals surface area contributed by atoms with E-state index in [1.54, 1.807) is 18.2 Å². The number of methoxy groups -OCH3 is 1. The first kappa shape index (κ1) is 22.3. The van der Waals surface area contributed by atoms with E-state index < -0.39 is 23.5 Å². The van der Waals surface area contributed by atoms with Gasteiger partial charge in [-0.15, -0.1) is 0 Å². The first-order valence-corrected chi connectivity index (χ1v) is 10.3. The first-order valence-electron chi connectivity index (χ1n) is 10.3. The van der Waals surface area contributed by atoms with Gasteiger partial charge in [-0.1, -0.05) is 55.5 Å². The quantitative estimate of drug-likeness (QED) is 0.585. The van der Waals surface area contributed by atoms with Gasteiger partial charge in [0.25, 0.3) is 5.91 Å².